The number of carbonyl (C=O) groups is 1. The fraction of sp³-hybridized carbons (Fsp3) is 0.435. The summed E-state index contributed by atoms with van der Waals surface area (Å²) in [5.74, 6) is -1.01. The van der Waals surface area contributed by atoms with Crippen LogP contribution in [-0.2, 0) is 11.5 Å². The number of halogens is 3. The molecule has 3 rings (SSSR count). The van der Waals surface area contributed by atoms with Crippen LogP contribution < -0.4 is 15.4 Å². The summed E-state index contributed by atoms with van der Waals surface area (Å²) in [4.78, 5) is 20.9. The summed E-state index contributed by atoms with van der Waals surface area (Å²) in [6.07, 6.45) is 2.38. The molecule has 0 aromatic carbocycles. The van der Waals surface area contributed by atoms with Gasteiger partial charge in [-0.3, -0.25) is 4.79 Å². The van der Waals surface area contributed by atoms with Gasteiger partial charge < -0.3 is 15.4 Å². The van der Waals surface area contributed by atoms with Crippen LogP contribution in [0.2, 0.25) is 0 Å². The van der Waals surface area contributed by atoms with E-state index in [-0.39, 0.29) is 35.4 Å². The average molecular weight is 520 g/mol. The number of anilines is 1. The molecular formula is C23H23B4F3N4O2S. The molecule has 1 amide bonds. The topological polar surface area (TPSA) is 76.1 Å². The van der Waals surface area contributed by atoms with Crippen molar-refractivity contribution in [2.45, 2.75) is 49.1 Å². The molecule has 1 aliphatic carbocycles. The Balaban J connectivity index is 1.99. The third-order valence-electron chi connectivity index (χ3n) is 5.66. The van der Waals surface area contributed by atoms with Crippen molar-refractivity contribution in [3.05, 3.63) is 58.8 Å². The first-order chi connectivity index (χ1) is 17.3. The molecule has 0 spiro atoms. The van der Waals surface area contributed by atoms with Gasteiger partial charge in [-0.1, -0.05) is 19.1 Å². The van der Waals surface area contributed by atoms with Gasteiger partial charge in [-0.05, 0) is 60.4 Å². The Bertz CT molecular complexity index is 1150. The lowest BCUT2D eigenvalue weighted by atomic mass is 9.58. The number of nitrogens with zero attached hydrogens (tertiary/aromatic N) is 2. The van der Waals surface area contributed by atoms with Crippen molar-refractivity contribution in [1.29, 1.82) is 0 Å². The molecule has 1 fully saturated rings. The van der Waals surface area contributed by atoms with Gasteiger partial charge in [0.1, 0.15) is 27.2 Å². The van der Waals surface area contributed by atoms with Crippen LogP contribution in [0.3, 0.4) is 0 Å². The third-order valence-corrected chi connectivity index (χ3v) is 6.09. The van der Waals surface area contributed by atoms with Crippen molar-refractivity contribution in [3.63, 3.8) is 0 Å². The Hall–Kier alpha value is -2.49. The van der Waals surface area contributed by atoms with E-state index in [2.05, 4.69) is 20.6 Å². The SMILES string of the molecule is [B]C([B])(CC)Oc1ncccc1C([B])([B])Nc1nc(C(F)(F)F)ccc1C(=O)NC(/C=C/SC)C1CC1. The van der Waals surface area contributed by atoms with Crippen LogP contribution in [0.5, 0.6) is 5.88 Å². The second kappa shape index (κ2) is 11.5. The van der Waals surface area contributed by atoms with Crippen LogP contribution in [0.25, 0.3) is 0 Å². The minimum Gasteiger partial charge on any atom is -0.491 e. The van der Waals surface area contributed by atoms with E-state index >= 15 is 0 Å². The lowest BCUT2D eigenvalue weighted by Gasteiger charge is -2.34. The fourth-order valence-corrected chi connectivity index (χ4v) is 3.70. The first-order valence-electron chi connectivity index (χ1n) is 11.4. The number of hydrogen-bond acceptors (Lipinski definition) is 6. The molecule has 186 valence electrons. The normalized spacial score (nSPS) is 15.4. The summed E-state index contributed by atoms with van der Waals surface area (Å²) in [6.45, 7) is 1.68. The highest BCUT2D eigenvalue weighted by molar-refractivity contribution is 8.01. The summed E-state index contributed by atoms with van der Waals surface area (Å²) in [7, 11) is 24.3. The number of carbonyl (C=O) groups excluding carboxylic acids is 1. The lowest BCUT2D eigenvalue weighted by molar-refractivity contribution is -0.141. The molecule has 8 radical (unpaired) electrons. The monoisotopic (exact) mass is 520 g/mol. The maximum atomic E-state index is 13.5. The van der Waals surface area contributed by atoms with Crippen LogP contribution in [0.1, 0.15) is 47.8 Å². The molecule has 1 unspecified atom stereocenters. The summed E-state index contributed by atoms with van der Waals surface area (Å²) in [5, 5.41) is 3.56. The van der Waals surface area contributed by atoms with Gasteiger partial charge in [-0.25, -0.2) is 9.97 Å². The van der Waals surface area contributed by atoms with Crippen molar-refractivity contribution in [3.8, 4) is 5.88 Å². The zero-order valence-electron chi connectivity index (χ0n) is 20.4. The number of pyridine rings is 2. The van der Waals surface area contributed by atoms with Gasteiger partial charge in [0.25, 0.3) is 5.91 Å². The minimum atomic E-state index is -4.78. The zero-order chi connectivity index (χ0) is 27.4. The average Bonchev–Trinajstić information content (AvgIpc) is 3.66. The molecule has 37 heavy (non-hydrogen) atoms. The number of amides is 1. The van der Waals surface area contributed by atoms with Gasteiger partial charge in [0.15, 0.2) is 0 Å². The Morgan fingerprint density at radius 2 is 1.95 bits per heavy atom. The lowest BCUT2D eigenvalue weighted by Crippen LogP contribution is -2.42. The van der Waals surface area contributed by atoms with Gasteiger partial charge >= 0.3 is 6.18 Å². The van der Waals surface area contributed by atoms with Crippen LogP contribution >= 0.6 is 11.8 Å². The number of thioether (sulfide) groups is 1. The van der Waals surface area contributed by atoms with E-state index < -0.39 is 34.3 Å². The van der Waals surface area contributed by atoms with E-state index in [9.17, 15) is 18.0 Å². The summed E-state index contributed by atoms with van der Waals surface area (Å²) >= 11 is 1.47. The van der Waals surface area contributed by atoms with Crippen molar-refractivity contribution in [1.82, 2.24) is 15.3 Å². The Morgan fingerprint density at radius 1 is 1.24 bits per heavy atom. The molecule has 0 aliphatic heterocycles. The fourth-order valence-electron chi connectivity index (χ4n) is 3.37. The maximum absolute atomic E-state index is 13.5. The van der Waals surface area contributed by atoms with E-state index in [1.54, 1.807) is 6.92 Å². The van der Waals surface area contributed by atoms with E-state index in [0.29, 0.717) is 0 Å². The van der Waals surface area contributed by atoms with E-state index in [1.807, 2.05) is 17.7 Å². The maximum Gasteiger partial charge on any atom is 0.433 e. The summed E-state index contributed by atoms with van der Waals surface area (Å²) in [6, 6.07) is 4.38. The Morgan fingerprint density at radius 3 is 2.54 bits per heavy atom. The minimum absolute atomic E-state index is 0.0213. The molecule has 6 nitrogen and oxygen atoms in total. The first-order valence-corrected chi connectivity index (χ1v) is 12.7. The summed E-state index contributed by atoms with van der Waals surface area (Å²) in [5.41, 5.74) is -1.39. The van der Waals surface area contributed by atoms with Crippen molar-refractivity contribution in [2.75, 3.05) is 11.6 Å². The van der Waals surface area contributed by atoms with Crippen molar-refractivity contribution in [2.24, 2.45) is 5.92 Å². The van der Waals surface area contributed by atoms with Crippen LogP contribution in [0.4, 0.5) is 19.0 Å². The molecular weight excluding hydrogens is 497 g/mol. The zero-order valence-corrected chi connectivity index (χ0v) is 21.2. The molecule has 1 saturated carbocycles. The third kappa shape index (κ3) is 7.75. The highest BCUT2D eigenvalue weighted by atomic mass is 32.2. The van der Waals surface area contributed by atoms with Gasteiger partial charge in [-0.2, -0.15) is 13.2 Å². The van der Waals surface area contributed by atoms with Gasteiger partial charge in [0.05, 0.1) is 27.3 Å². The van der Waals surface area contributed by atoms with Crippen molar-refractivity contribution >= 4 is 54.9 Å². The number of aromatic nitrogens is 2. The van der Waals surface area contributed by atoms with Crippen LogP contribution in [-0.4, -0.2) is 65.0 Å². The predicted octanol–water partition coefficient (Wildman–Crippen LogP) is 3.22. The first kappa shape index (κ1) is 29.1. The van der Waals surface area contributed by atoms with Gasteiger partial charge in [0, 0.05) is 17.2 Å². The molecule has 0 saturated heterocycles. The standard InChI is InChI=1S/C23H23B4F3N4O2S/c1-3-21(24,25)36-20-15(5-4-11-31-20)22(26,27)34-18-14(8-9-17(33-18)23(28,29)30)19(35)32-16(10-12-37-2)13-6-7-13/h4-5,8-13,16H,3,6-7H2,1-2H3,(H,32,35)(H,33,34)/b12-10+. The molecule has 2 heterocycles. The smallest absolute Gasteiger partial charge is 0.433 e. The van der Waals surface area contributed by atoms with Crippen LogP contribution in [0, 0.1) is 5.92 Å². The molecule has 14 heteroatoms. The predicted molar refractivity (Wildman–Crippen MR) is 142 cm³/mol. The molecule has 2 N–H and O–H groups in total. The highest BCUT2D eigenvalue weighted by Crippen LogP contribution is 2.35. The second-order valence-electron chi connectivity index (χ2n) is 8.75. The molecule has 2 aromatic heterocycles. The molecule has 1 aliphatic rings. The quantitative estimate of drug-likeness (QED) is 0.444. The summed E-state index contributed by atoms with van der Waals surface area (Å²) < 4.78 is 46.0. The molecule has 0 bridgehead atoms. The number of rotatable bonds is 11. The van der Waals surface area contributed by atoms with Gasteiger partial charge in [-0.15, -0.1) is 11.8 Å². The van der Waals surface area contributed by atoms with E-state index in [1.165, 1.54) is 30.1 Å². The number of alkyl halides is 3. The highest BCUT2D eigenvalue weighted by Gasteiger charge is 2.36. The van der Waals surface area contributed by atoms with Gasteiger partial charge in [0.2, 0.25) is 5.88 Å². The Kier molecular flexibility index (Phi) is 9.03. The van der Waals surface area contributed by atoms with E-state index in [0.717, 1.165) is 25.0 Å². The van der Waals surface area contributed by atoms with Crippen LogP contribution in [0.15, 0.2) is 41.9 Å². The number of hydrogen-bond donors (Lipinski definition) is 2. The number of ether oxygens (including phenoxy) is 1. The van der Waals surface area contributed by atoms with E-state index in [4.69, 9.17) is 36.1 Å². The second-order valence-corrected chi connectivity index (χ2v) is 9.50. The van der Waals surface area contributed by atoms with Crippen molar-refractivity contribution < 1.29 is 22.7 Å². The molecule has 1 atom stereocenters. The Labute approximate surface area is 224 Å². The largest absolute Gasteiger partial charge is 0.491 e. The molecule has 2 aromatic rings. The number of nitrogens with one attached hydrogen (secondary N) is 2.